The molecule has 1 heterocycles. The summed E-state index contributed by atoms with van der Waals surface area (Å²) in [5.74, 6) is -1.56. The predicted molar refractivity (Wildman–Crippen MR) is 84.9 cm³/mol. The summed E-state index contributed by atoms with van der Waals surface area (Å²) < 4.78 is 26.2. The topological polar surface area (TPSA) is 81.0 Å². The van der Waals surface area contributed by atoms with E-state index in [1.165, 1.54) is 24.5 Å². The maximum absolute atomic E-state index is 13.2. The molecule has 0 atom stereocenters. The number of benzene rings is 2. The average Bonchev–Trinajstić information content (AvgIpc) is 2.55. The minimum Gasteiger partial charge on any atom is -0.365 e. The van der Waals surface area contributed by atoms with E-state index >= 15 is 0 Å². The Morgan fingerprint density at radius 3 is 2.67 bits per heavy atom. The van der Waals surface area contributed by atoms with E-state index in [9.17, 15) is 18.9 Å². The van der Waals surface area contributed by atoms with Gasteiger partial charge in [-0.05, 0) is 23.8 Å². The van der Waals surface area contributed by atoms with Crippen LogP contribution < -0.4 is 5.32 Å². The van der Waals surface area contributed by atoms with Crippen LogP contribution in [0.2, 0.25) is 5.02 Å². The molecule has 0 radical (unpaired) electrons. The summed E-state index contributed by atoms with van der Waals surface area (Å²) in [6, 6.07) is 6.15. The molecule has 2 aromatic carbocycles. The van der Waals surface area contributed by atoms with E-state index in [4.69, 9.17) is 11.6 Å². The number of halogens is 3. The lowest BCUT2D eigenvalue weighted by atomic mass is 10.2. The number of nitro groups is 1. The first kappa shape index (κ1) is 16.0. The fraction of sp³-hybridized carbons (Fsp3) is 0.0667. The lowest BCUT2D eigenvalue weighted by molar-refractivity contribution is -0.384. The number of hydrogen-bond acceptors (Lipinski definition) is 5. The Labute approximate surface area is 139 Å². The van der Waals surface area contributed by atoms with Crippen LogP contribution in [0.1, 0.15) is 5.56 Å². The normalized spacial score (nSPS) is 10.8. The number of nitro benzene ring substituents is 1. The Morgan fingerprint density at radius 2 is 1.96 bits per heavy atom. The third kappa shape index (κ3) is 3.09. The van der Waals surface area contributed by atoms with Crippen LogP contribution in [0.15, 0.2) is 36.7 Å². The van der Waals surface area contributed by atoms with Crippen LogP contribution in [-0.4, -0.2) is 14.9 Å². The summed E-state index contributed by atoms with van der Waals surface area (Å²) >= 11 is 5.86. The van der Waals surface area contributed by atoms with Crippen molar-refractivity contribution in [1.29, 1.82) is 0 Å². The predicted octanol–water partition coefficient (Wildman–Crippen LogP) is 4.08. The second kappa shape index (κ2) is 6.32. The molecular formula is C15H9ClF2N4O2. The van der Waals surface area contributed by atoms with Crippen molar-refractivity contribution in [2.45, 2.75) is 6.54 Å². The second-order valence-electron chi connectivity index (χ2n) is 4.90. The van der Waals surface area contributed by atoms with Gasteiger partial charge in [-0.15, -0.1) is 0 Å². The number of fused-ring (bicyclic) bond motifs is 1. The molecule has 24 heavy (non-hydrogen) atoms. The quantitative estimate of drug-likeness (QED) is 0.566. The first-order chi connectivity index (χ1) is 11.5. The van der Waals surface area contributed by atoms with E-state index < -0.39 is 16.6 Å². The summed E-state index contributed by atoms with van der Waals surface area (Å²) in [4.78, 5) is 18.5. The van der Waals surface area contributed by atoms with Gasteiger partial charge in [0, 0.05) is 18.0 Å². The van der Waals surface area contributed by atoms with Crippen LogP contribution in [0.3, 0.4) is 0 Å². The van der Waals surface area contributed by atoms with Gasteiger partial charge >= 0.3 is 0 Å². The van der Waals surface area contributed by atoms with E-state index in [0.717, 1.165) is 12.1 Å². The van der Waals surface area contributed by atoms with Gasteiger partial charge in [0.25, 0.3) is 5.69 Å². The fourth-order valence-corrected chi connectivity index (χ4v) is 2.41. The Morgan fingerprint density at radius 1 is 1.17 bits per heavy atom. The van der Waals surface area contributed by atoms with Crippen LogP contribution in [0.5, 0.6) is 0 Å². The molecule has 0 saturated carbocycles. The number of anilines is 1. The Hall–Kier alpha value is -2.87. The number of nitrogens with one attached hydrogen (secondary N) is 1. The molecule has 1 aromatic heterocycles. The van der Waals surface area contributed by atoms with Gasteiger partial charge < -0.3 is 5.32 Å². The molecule has 3 aromatic rings. The molecule has 0 spiro atoms. The summed E-state index contributed by atoms with van der Waals surface area (Å²) in [6.07, 6.45) is 1.28. The molecule has 6 nitrogen and oxygen atoms in total. The molecule has 0 fully saturated rings. The third-order valence-corrected chi connectivity index (χ3v) is 3.65. The number of hydrogen-bond donors (Lipinski definition) is 1. The molecule has 9 heteroatoms. The monoisotopic (exact) mass is 350 g/mol. The Kier molecular flexibility index (Phi) is 4.22. The maximum atomic E-state index is 13.2. The first-order valence-electron chi connectivity index (χ1n) is 6.72. The average molecular weight is 351 g/mol. The molecule has 122 valence electrons. The van der Waals surface area contributed by atoms with E-state index in [1.807, 2.05) is 0 Å². The minimum absolute atomic E-state index is 0.0299. The molecular weight excluding hydrogens is 342 g/mol. The van der Waals surface area contributed by atoms with E-state index in [0.29, 0.717) is 22.3 Å². The van der Waals surface area contributed by atoms with E-state index in [2.05, 4.69) is 15.3 Å². The largest absolute Gasteiger partial charge is 0.365 e. The van der Waals surface area contributed by atoms with Gasteiger partial charge in [0.2, 0.25) is 0 Å². The number of rotatable bonds is 4. The van der Waals surface area contributed by atoms with Crippen LogP contribution in [0.25, 0.3) is 10.9 Å². The van der Waals surface area contributed by atoms with Gasteiger partial charge in [-0.3, -0.25) is 10.1 Å². The third-order valence-electron chi connectivity index (χ3n) is 3.34. The summed E-state index contributed by atoms with van der Waals surface area (Å²) in [5, 5.41) is 14.3. The molecule has 1 N–H and O–H groups in total. The number of nitrogens with zero attached hydrogens (tertiary/aromatic N) is 3. The maximum Gasteiger partial charge on any atom is 0.288 e. The lowest BCUT2D eigenvalue weighted by Gasteiger charge is -2.09. The first-order valence-corrected chi connectivity index (χ1v) is 7.10. The molecule has 0 bridgehead atoms. The zero-order valence-corrected chi connectivity index (χ0v) is 12.7. The molecule has 0 saturated heterocycles. The number of aromatic nitrogens is 2. The van der Waals surface area contributed by atoms with Gasteiger partial charge in [-0.25, -0.2) is 18.7 Å². The zero-order chi connectivity index (χ0) is 17.3. The van der Waals surface area contributed by atoms with Crippen molar-refractivity contribution in [2.75, 3.05) is 5.32 Å². The van der Waals surface area contributed by atoms with Crippen LogP contribution in [0.4, 0.5) is 20.3 Å². The van der Waals surface area contributed by atoms with Gasteiger partial charge in [0.1, 0.15) is 17.2 Å². The smallest absolute Gasteiger partial charge is 0.288 e. The molecule has 0 amide bonds. The van der Waals surface area contributed by atoms with Crippen molar-refractivity contribution in [3.05, 3.63) is 69.0 Å². The highest BCUT2D eigenvalue weighted by molar-refractivity contribution is 6.33. The second-order valence-corrected chi connectivity index (χ2v) is 5.31. The molecule has 0 aliphatic rings. The summed E-state index contributed by atoms with van der Waals surface area (Å²) in [5.41, 5.74) is 0.646. The van der Waals surface area contributed by atoms with Crippen LogP contribution in [0, 0.1) is 21.7 Å². The SMILES string of the molecule is O=[N+]([O-])c1cc2c(NCc3ccc(F)c(F)c3)ncnc2cc1Cl. The van der Waals surface area contributed by atoms with E-state index in [-0.39, 0.29) is 17.3 Å². The molecule has 0 aliphatic heterocycles. The Balaban J connectivity index is 1.95. The standard InChI is InChI=1S/C15H9ClF2N4O2/c16-10-5-13-9(4-14(10)22(23)24)15(21-7-20-13)19-6-8-1-2-11(17)12(18)3-8/h1-5,7H,6H2,(H,19,20,21). The van der Waals surface area contributed by atoms with E-state index in [1.54, 1.807) is 0 Å². The van der Waals surface area contributed by atoms with Gasteiger partial charge in [0.15, 0.2) is 11.6 Å². The van der Waals surface area contributed by atoms with Crippen molar-refractivity contribution < 1.29 is 13.7 Å². The van der Waals surface area contributed by atoms with Crippen molar-refractivity contribution >= 4 is 34.0 Å². The lowest BCUT2D eigenvalue weighted by Crippen LogP contribution is -2.04. The fourth-order valence-electron chi connectivity index (χ4n) is 2.18. The van der Waals surface area contributed by atoms with Crippen molar-refractivity contribution in [2.24, 2.45) is 0 Å². The molecule has 0 unspecified atom stereocenters. The van der Waals surface area contributed by atoms with Crippen LogP contribution in [-0.2, 0) is 6.54 Å². The van der Waals surface area contributed by atoms with Crippen LogP contribution >= 0.6 is 11.6 Å². The minimum atomic E-state index is -0.954. The van der Waals surface area contributed by atoms with Gasteiger partial charge in [-0.1, -0.05) is 17.7 Å². The van der Waals surface area contributed by atoms with Gasteiger partial charge in [-0.2, -0.15) is 0 Å². The summed E-state index contributed by atoms with van der Waals surface area (Å²) in [7, 11) is 0. The highest BCUT2D eigenvalue weighted by Crippen LogP contribution is 2.31. The van der Waals surface area contributed by atoms with Crippen molar-refractivity contribution in [1.82, 2.24) is 9.97 Å². The van der Waals surface area contributed by atoms with Crippen molar-refractivity contribution in [3.8, 4) is 0 Å². The zero-order valence-electron chi connectivity index (χ0n) is 12.0. The highest BCUT2D eigenvalue weighted by atomic mass is 35.5. The van der Waals surface area contributed by atoms with Crippen molar-refractivity contribution in [3.63, 3.8) is 0 Å². The molecule has 0 aliphatic carbocycles. The molecule has 3 rings (SSSR count). The highest BCUT2D eigenvalue weighted by Gasteiger charge is 2.16. The Bertz CT molecular complexity index is 952. The summed E-state index contributed by atoms with van der Waals surface area (Å²) in [6.45, 7) is 0.153. The van der Waals surface area contributed by atoms with Gasteiger partial charge in [0.05, 0.1) is 10.4 Å².